The molecule has 134 valence electrons. The first-order chi connectivity index (χ1) is 12.5. The monoisotopic (exact) mass is 355 g/mol. The maximum atomic E-state index is 12.0. The summed E-state index contributed by atoms with van der Waals surface area (Å²) in [5, 5.41) is 21.4. The molecule has 2 aromatic rings. The minimum absolute atomic E-state index is 0.00119. The van der Waals surface area contributed by atoms with Crippen LogP contribution in [0.3, 0.4) is 0 Å². The van der Waals surface area contributed by atoms with Gasteiger partial charge in [0.15, 0.2) is 6.61 Å². The predicted molar refractivity (Wildman–Crippen MR) is 90.2 cm³/mol. The molecule has 0 aliphatic carbocycles. The van der Waals surface area contributed by atoms with Crippen molar-refractivity contribution in [3.8, 4) is 11.8 Å². The highest BCUT2D eigenvalue weighted by molar-refractivity contribution is 5.93. The van der Waals surface area contributed by atoms with E-state index in [1.807, 2.05) is 6.07 Å². The van der Waals surface area contributed by atoms with E-state index >= 15 is 0 Å². The van der Waals surface area contributed by atoms with Crippen LogP contribution in [0.2, 0.25) is 0 Å². The van der Waals surface area contributed by atoms with Crippen LogP contribution in [0, 0.1) is 11.3 Å². The largest absolute Gasteiger partial charge is 0.482 e. The summed E-state index contributed by atoms with van der Waals surface area (Å²) in [6.45, 7) is -0.200. The predicted octanol–water partition coefficient (Wildman–Crippen LogP) is 0.968. The normalized spacial score (nSPS) is 11.1. The number of nitriles is 1. The van der Waals surface area contributed by atoms with Gasteiger partial charge in [0.25, 0.3) is 5.91 Å². The third kappa shape index (κ3) is 5.29. The van der Waals surface area contributed by atoms with Crippen molar-refractivity contribution in [3.05, 3.63) is 59.4 Å². The van der Waals surface area contributed by atoms with Crippen molar-refractivity contribution in [2.75, 3.05) is 20.3 Å². The molecule has 2 N–H and O–H groups in total. The van der Waals surface area contributed by atoms with E-state index in [0.717, 1.165) is 0 Å². The van der Waals surface area contributed by atoms with Crippen molar-refractivity contribution in [1.29, 1.82) is 5.26 Å². The van der Waals surface area contributed by atoms with Gasteiger partial charge in [-0.15, -0.1) is 0 Å². The molecule has 1 aromatic carbocycles. The molecule has 8 nitrogen and oxygen atoms in total. The number of aliphatic hydroxyl groups excluding tert-OH is 1. The molecule has 1 unspecified atom stereocenters. The lowest BCUT2D eigenvalue weighted by Gasteiger charge is -2.13. The molecule has 1 atom stereocenters. The number of rotatable bonds is 7. The summed E-state index contributed by atoms with van der Waals surface area (Å²) in [6.07, 6.45) is 0.383. The summed E-state index contributed by atoms with van der Waals surface area (Å²) < 4.78 is 9.69. The topological polar surface area (TPSA) is 122 Å². The van der Waals surface area contributed by atoms with Crippen LogP contribution < -0.4 is 10.1 Å². The lowest BCUT2D eigenvalue weighted by molar-refractivity contribution is -0.142. The molecule has 0 saturated carbocycles. The number of esters is 1. The molecular formula is C18H17N3O5. The van der Waals surface area contributed by atoms with Crippen LogP contribution >= 0.6 is 0 Å². The Hall–Kier alpha value is -3.44. The molecule has 0 saturated heterocycles. The van der Waals surface area contributed by atoms with Crippen LogP contribution in [0.1, 0.15) is 27.7 Å². The highest BCUT2D eigenvalue weighted by Crippen LogP contribution is 2.17. The van der Waals surface area contributed by atoms with Gasteiger partial charge in [0.1, 0.15) is 17.5 Å². The van der Waals surface area contributed by atoms with Crippen molar-refractivity contribution in [2.24, 2.45) is 0 Å². The van der Waals surface area contributed by atoms with Gasteiger partial charge >= 0.3 is 5.97 Å². The van der Waals surface area contributed by atoms with Crippen LogP contribution in [0.4, 0.5) is 0 Å². The zero-order chi connectivity index (χ0) is 18.9. The molecule has 0 aliphatic rings. The van der Waals surface area contributed by atoms with Crippen molar-refractivity contribution in [3.63, 3.8) is 0 Å². The summed E-state index contributed by atoms with van der Waals surface area (Å²) in [7, 11) is 1.27. The quantitative estimate of drug-likeness (QED) is 0.710. The second-order valence-electron chi connectivity index (χ2n) is 5.20. The molecule has 0 radical (unpaired) electrons. The summed E-state index contributed by atoms with van der Waals surface area (Å²) >= 11 is 0. The van der Waals surface area contributed by atoms with Crippen molar-refractivity contribution < 1.29 is 24.2 Å². The molecule has 0 bridgehead atoms. The Balaban J connectivity index is 1.86. The minimum Gasteiger partial charge on any atom is -0.482 e. The summed E-state index contributed by atoms with van der Waals surface area (Å²) in [5.74, 6) is -0.438. The Morgan fingerprint density at radius 1 is 1.27 bits per heavy atom. The molecule has 2 rings (SSSR count). The molecule has 1 amide bonds. The number of nitrogens with zero attached hydrogens (tertiary/aromatic N) is 2. The maximum absolute atomic E-state index is 12.0. The summed E-state index contributed by atoms with van der Waals surface area (Å²) in [4.78, 5) is 26.8. The number of aromatic nitrogens is 1. The van der Waals surface area contributed by atoms with Gasteiger partial charge in [-0.25, -0.2) is 9.78 Å². The molecule has 0 spiro atoms. The first kappa shape index (κ1) is 18.9. The third-order valence-electron chi connectivity index (χ3n) is 3.45. The molecule has 1 aromatic heterocycles. The van der Waals surface area contributed by atoms with Crippen molar-refractivity contribution in [1.82, 2.24) is 10.3 Å². The van der Waals surface area contributed by atoms with E-state index in [9.17, 15) is 14.7 Å². The van der Waals surface area contributed by atoms with E-state index in [-0.39, 0.29) is 18.8 Å². The van der Waals surface area contributed by atoms with Gasteiger partial charge in [-0.3, -0.25) is 4.79 Å². The average molecular weight is 355 g/mol. The fourth-order valence-corrected chi connectivity index (χ4v) is 1.99. The van der Waals surface area contributed by atoms with Crippen molar-refractivity contribution in [2.45, 2.75) is 6.10 Å². The number of ether oxygens (including phenoxy) is 2. The number of carbonyl (C=O) groups excluding carboxylic acids is 2. The third-order valence-corrected chi connectivity index (χ3v) is 3.45. The van der Waals surface area contributed by atoms with Gasteiger partial charge in [0.2, 0.25) is 0 Å². The SMILES string of the molecule is COC(=O)COc1ccc(C(O)CNC(=O)c2ccc(C#N)nc2)cc1. The number of amides is 1. The Labute approximate surface area is 150 Å². The van der Waals surface area contributed by atoms with E-state index < -0.39 is 18.0 Å². The van der Waals surface area contributed by atoms with Crippen LogP contribution in [0.25, 0.3) is 0 Å². The van der Waals surface area contributed by atoms with Crippen LogP contribution in [-0.2, 0) is 9.53 Å². The van der Waals surface area contributed by atoms with Gasteiger partial charge in [-0.1, -0.05) is 12.1 Å². The highest BCUT2D eigenvalue weighted by Gasteiger charge is 2.12. The Kier molecular flexibility index (Phi) is 6.65. The molecule has 26 heavy (non-hydrogen) atoms. The smallest absolute Gasteiger partial charge is 0.343 e. The van der Waals surface area contributed by atoms with E-state index in [2.05, 4.69) is 15.0 Å². The highest BCUT2D eigenvalue weighted by atomic mass is 16.6. The van der Waals surface area contributed by atoms with Crippen LogP contribution in [0.5, 0.6) is 5.75 Å². The number of nitrogens with one attached hydrogen (secondary N) is 1. The Bertz CT molecular complexity index is 797. The number of benzene rings is 1. The average Bonchev–Trinajstić information content (AvgIpc) is 2.70. The fourth-order valence-electron chi connectivity index (χ4n) is 1.99. The molecule has 8 heteroatoms. The van der Waals surface area contributed by atoms with Gasteiger partial charge in [-0.05, 0) is 29.8 Å². The van der Waals surface area contributed by atoms with Gasteiger partial charge in [0, 0.05) is 12.7 Å². The molecule has 0 aliphatic heterocycles. The number of carbonyl (C=O) groups is 2. The van der Waals surface area contributed by atoms with E-state index in [0.29, 0.717) is 16.9 Å². The second-order valence-corrected chi connectivity index (χ2v) is 5.20. The number of pyridine rings is 1. The zero-order valence-electron chi connectivity index (χ0n) is 14.0. The standard InChI is InChI=1S/C18H17N3O5/c1-25-17(23)11-26-15-6-3-12(4-7-15)16(22)10-21-18(24)13-2-5-14(8-19)20-9-13/h2-7,9,16,22H,10-11H2,1H3,(H,21,24). The van der Waals surface area contributed by atoms with Gasteiger partial charge in [-0.2, -0.15) is 5.26 Å². The first-order valence-corrected chi connectivity index (χ1v) is 7.65. The second kappa shape index (κ2) is 9.15. The first-order valence-electron chi connectivity index (χ1n) is 7.65. The van der Waals surface area contributed by atoms with Crippen LogP contribution in [0.15, 0.2) is 42.6 Å². The van der Waals surface area contributed by atoms with E-state index in [1.54, 1.807) is 24.3 Å². The zero-order valence-corrected chi connectivity index (χ0v) is 14.0. The number of hydrogen-bond acceptors (Lipinski definition) is 7. The number of methoxy groups -OCH3 is 1. The van der Waals surface area contributed by atoms with E-state index in [1.165, 1.54) is 25.4 Å². The lowest BCUT2D eigenvalue weighted by atomic mass is 10.1. The maximum Gasteiger partial charge on any atom is 0.343 e. The summed E-state index contributed by atoms with van der Waals surface area (Å²) in [6, 6.07) is 11.3. The fraction of sp³-hybridized carbons (Fsp3) is 0.222. The number of aliphatic hydroxyl groups is 1. The Morgan fingerprint density at radius 2 is 2.00 bits per heavy atom. The summed E-state index contributed by atoms with van der Waals surface area (Å²) in [5.41, 5.74) is 1.09. The van der Waals surface area contributed by atoms with Crippen LogP contribution in [-0.4, -0.2) is 42.2 Å². The van der Waals surface area contributed by atoms with Gasteiger partial charge in [0.05, 0.1) is 18.8 Å². The number of hydrogen-bond donors (Lipinski definition) is 2. The van der Waals surface area contributed by atoms with Crippen molar-refractivity contribution >= 4 is 11.9 Å². The molecule has 0 fully saturated rings. The minimum atomic E-state index is -0.917. The molecular weight excluding hydrogens is 338 g/mol. The molecule has 1 heterocycles. The van der Waals surface area contributed by atoms with Gasteiger partial charge < -0.3 is 19.9 Å². The Morgan fingerprint density at radius 3 is 2.58 bits per heavy atom. The lowest BCUT2D eigenvalue weighted by Crippen LogP contribution is -2.28. The van der Waals surface area contributed by atoms with E-state index in [4.69, 9.17) is 10.00 Å².